The van der Waals surface area contributed by atoms with Crippen molar-refractivity contribution >= 4 is 8.32 Å². The van der Waals surface area contributed by atoms with E-state index in [1.165, 1.54) is 7.11 Å². The number of aliphatic hydroxyl groups excluding tert-OH is 2. The number of hydrogen-bond donors (Lipinski definition) is 2. The van der Waals surface area contributed by atoms with Crippen molar-refractivity contribution in [1.82, 2.24) is 0 Å². The number of methoxy groups -OCH3 is 1. The molecular formula is C12H26O5Si. The normalized spacial score (nSPS) is 34.0. The Morgan fingerprint density at radius 3 is 2.11 bits per heavy atom. The largest absolute Gasteiger partial charge is 0.414 e. The van der Waals surface area contributed by atoms with Crippen LogP contribution in [0, 0.1) is 0 Å². The van der Waals surface area contributed by atoms with Gasteiger partial charge in [0.25, 0.3) is 0 Å². The van der Waals surface area contributed by atoms with Gasteiger partial charge in [-0.05, 0) is 18.1 Å². The van der Waals surface area contributed by atoms with Gasteiger partial charge >= 0.3 is 0 Å². The lowest BCUT2D eigenvalue weighted by atomic mass is 10.1. The summed E-state index contributed by atoms with van der Waals surface area (Å²) in [6.07, 6.45) is -3.27. The van der Waals surface area contributed by atoms with E-state index in [4.69, 9.17) is 13.9 Å². The Morgan fingerprint density at radius 1 is 1.17 bits per heavy atom. The average molecular weight is 278 g/mol. The summed E-state index contributed by atoms with van der Waals surface area (Å²) in [5.74, 6) is 0. The maximum atomic E-state index is 9.84. The predicted molar refractivity (Wildman–Crippen MR) is 70.8 cm³/mol. The highest BCUT2D eigenvalue weighted by molar-refractivity contribution is 6.74. The highest BCUT2D eigenvalue weighted by Gasteiger charge is 2.45. The van der Waals surface area contributed by atoms with E-state index in [0.29, 0.717) is 0 Å². The predicted octanol–water partition coefficient (Wildman–Crippen LogP) is 1.10. The van der Waals surface area contributed by atoms with Gasteiger partial charge in [-0.15, -0.1) is 0 Å². The molecule has 5 nitrogen and oxygen atoms in total. The molecule has 1 rings (SSSR count). The summed E-state index contributed by atoms with van der Waals surface area (Å²) in [6, 6.07) is 0. The van der Waals surface area contributed by atoms with Gasteiger partial charge in [-0.2, -0.15) is 0 Å². The van der Waals surface area contributed by atoms with E-state index in [9.17, 15) is 10.2 Å². The number of rotatable bonds is 4. The highest BCUT2D eigenvalue weighted by atomic mass is 28.4. The van der Waals surface area contributed by atoms with Crippen molar-refractivity contribution in [2.75, 3.05) is 13.7 Å². The van der Waals surface area contributed by atoms with Gasteiger partial charge in [0.15, 0.2) is 14.6 Å². The first kappa shape index (κ1) is 16.1. The van der Waals surface area contributed by atoms with Crippen molar-refractivity contribution in [3.05, 3.63) is 0 Å². The number of aliphatic hydroxyl groups is 2. The van der Waals surface area contributed by atoms with Crippen LogP contribution < -0.4 is 0 Å². The standard InChI is InChI=1S/C12H26O5Si/c1-12(2,3)18(5,6)16-7-8-9(13)10(14)11(15-4)17-8/h8-11,13-14H,7H2,1-6H3/t8-,9-,10-,11-/m1/s1. The maximum absolute atomic E-state index is 9.84. The van der Waals surface area contributed by atoms with Gasteiger partial charge < -0.3 is 24.1 Å². The zero-order valence-corrected chi connectivity index (χ0v) is 13.1. The molecule has 108 valence electrons. The Kier molecular flexibility index (Phi) is 4.97. The van der Waals surface area contributed by atoms with Gasteiger partial charge in [0, 0.05) is 7.11 Å². The van der Waals surface area contributed by atoms with Crippen LogP contribution in [-0.2, 0) is 13.9 Å². The van der Waals surface area contributed by atoms with Crippen LogP contribution in [0.4, 0.5) is 0 Å². The van der Waals surface area contributed by atoms with E-state index < -0.39 is 32.9 Å². The second kappa shape index (κ2) is 5.56. The Hall–Kier alpha value is 0.0169. The molecule has 0 bridgehead atoms. The van der Waals surface area contributed by atoms with Gasteiger partial charge in [0.2, 0.25) is 0 Å². The van der Waals surface area contributed by atoms with Crippen molar-refractivity contribution < 1.29 is 24.1 Å². The molecule has 18 heavy (non-hydrogen) atoms. The summed E-state index contributed by atoms with van der Waals surface area (Å²) >= 11 is 0. The molecule has 1 heterocycles. The lowest BCUT2D eigenvalue weighted by Gasteiger charge is -2.37. The molecule has 1 aliphatic heterocycles. The number of hydrogen-bond acceptors (Lipinski definition) is 5. The van der Waals surface area contributed by atoms with Crippen LogP contribution in [0.15, 0.2) is 0 Å². The lowest BCUT2D eigenvalue weighted by Crippen LogP contribution is -2.44. The van der Waals surface area contributed by atoms with Crippen LogP contribution in [0.2, 0.25) is 18.1 Å². The maximum Gasteiger partial charge on any atom is 0.192 e. The molecule has 0 aliphatic carbocycles. The van der Waals surface area contributed by atoms with E-state index >= 15 is 0 Å². The molecule has 4 atom stereocenters. The van der Waals surface area contributed by atoms with Crippen molar-refractivity contribution in [2.24, 2.45) is 0 Å². The van der Waals surface area contributed by atoms with Gasteiger partial charge in [0.05, 0.1) is 6.61 Å². The summed E-state index contributed by atoms with van der Waals surface area (Å²) in [7, 11) is -0.428. The first-order valence-electron chi connectivity index (χ1n) is 6.28. The van der Waals surface area contributed by atoms with Gasteiger partial charge in [-0.25, -0.2) is 0 Å². The molecule has 1 saturated heterocycles. The van der Waals surface area contributed by atoms with Crippen LogP contribution in [0.1, 0.15) is 20.8 Å². The summed E-state index contributed by atoms with van der Waals surface area (Å²) in [5, 5.41) is 19.6. The molecule has 0 radical (unpaired) electrons. The van der Waals surface area contributed by atoms with Gasteiger partial charge in [-0.1, -0.05) is 20.8 Å². The van der Waals surface area contributed by atoms with E-state index in [1.54, 1.807) is 0 Å². The fourth-order valence-corrected chi connectivity index (χ4v) is 2.57. The molecule has 0 spiro atoms. The summed E-state index contributed by atoms with van der Waals surface area (Å²) in [5.41, 5.74) is 0. The van der Waals surface area contributed by atoms with Crippen LogP contribution in [0.3, 0.4) is 0 Å². The second-order valence-electron chi connectivity index (χ2n) is 6.33. The fourth-order valence-electron chi connectivity index (χ4n) is 1.55. The molecule has 0 aromatic heterocycles. The third-order valence-corrected chi connectivity index (χ3v) is 8.47. The van der Waals surface area contributed by atoms with Crippen molar-refractivity contribution in [1.29, 1.82) is 0 Å². The van der Waals surface area contributed by atoms with Crippen LogP contribution >= 0.6 is 0 Å². The van der Waals surface area contributed by atoms with Crippen LogP contribution in [0.5, 0.6) is 0 Å². The first-order valence-corrected chi connectivity index (χ1v) is 9.19. The molecule has 0 unspecified atom stereocenters. The Balaban J connectivity index is 2.55. The Labute approximate surface area is 110 Å². The molecular weight excluding hydrogens is 252 g/mol. The zero-order chi connectivity index (χ0) is 14.1. The Bertz CT molecular complexity index is 276. The molecule has 1 aliphatic rings. The molecule has 6 heteroatoms. The van der Waals surface area contributed by atoms with Gasteiger partial charge in [-0.3, -0.25) is 0 Å². The molecule has 2 N–H and O–H groups in total. The second-order valence-corrected chi connectivity index (χ2v) is 11.1. The average Bonchev–Trinajstić information content (AvgIpc) is 2.52. The summed E-state index contributed by atoms with van der Waals surface area (Å²) in [4.78, 5) is 0. The van der Waals surface area contributed by atoms with Crippen molar-refractivity contribution in [3.8, 4) is 0 Å². The highest BCUT2D eigenvalue weighted by Crippen LogP contribution is 2.37. The third-order valence-electron chi connectivity index (χ3n) is 3.97. The topological polar surface area (TPSA) is 68.2 Å². The van der Waals surface area contributed by atoms with Gasteiger partial charge in [0.1, 0.15) is 18.3 Å². The monoisotopic (exact) mass is 278 g/mol. The minimum atomic E-state index is -1.87. The van der Waals surface area contributed by atoms with E-state index in [-0.39, 0.29) is 11.6 Å². The molecule has 0 amide bonds. The minimum absolute atomic E-state index is 0.107. The third kappa shape index (κ3) is 3.31. The first-order chi connectivity index (χ1) is 8.10. The molecule has 1 fully saturated rings. The van der Waals surface area contributed by atoms with E-state index in [1.807, 2.05) is 0 Å². The van der Waals surface area contributed by atoms with E-state index in [0.717, 1.165) is 0 Å². The molecule has 0 aromatic rings. The molecule has 0 aromatic carbocycles. The number of ether oxygens (including phenoxy) is 2. The van der Waals surface area contributed by atoms with Crippen LogP contribution in [-0.4, -0.2) is 56.8 Å². The smallest absolute Gasteiger partial charge is 0.192 e. The quantitative estimate of drug-likeness (QED) is 0.754. The summed E-state index contributed by atoms with van der Waals surface area (Å²) in [6.45, 7) is 11.0. The SMILES string of the molecule is CO[C@@H]1O[C@H](CO[Si](C)(C)C(C)(C)C)[C@@H](O)[C@H]1O. The minimum Gasteiger partial charge on any atom is -0.414 e. The summed E-state index contributed by atoms with van der Waals surface area (Å²) < 4.78 is 16.3. The van der Waals surface area contributed by atoms with E-state index in [2.05, 4.69) is 33.9 Å². The fraction of sp³-hybridized carbons (Fsp3) is 1.00. The zero-order valence-electron chi connectivity index (χ0n) is 12.1. The van der Waals surface area contributed by atoms with Crippen LogP contribution in [0.25, 0.3) is 0 Å². The van der Waals surface area contributed by atoms with Crippen molar-refractivity contribution in [2.45, 2.75) is 63.5 Å². The lowest BCUT2D eigenvalue weighted by molar-refractivity contribution is -0.152. The Morgan fingerprint density at radius 2 is 1.72 bits per heavy atom. The van der Waals surface area contributed by atoms with Crippen molar-refractivity contribution in [3.63, 3.8) is 0 Å². The molecule has 0 saturated carbocycles.